The van der Waals surface area contributed by atoms with Gasteiger partial charge in [0.1, 0.15) is 0 Å². The fraction of sp³-hybridized carbons (Fsp3) is 0.500. The minimum absolute atomic E-state index is 0.00758. The molecule has 1 aromatic carbocycles. The number of carbonyl (C=O) groups is 2. The second-order valence-corrected chi connectivity index (χ2v) is 6.26. The van der Waals surface area contributed by atoms with Crippen molar-refractivity contribution >= 4 is 29.3 Å². The van der Waals surface area contributed by atoms with Gasteiger partial charge in [-0.25, -0.2) is 0 Å². The van der Waals surface area contributed by atoms with E-state index in [0.29, 0.717) is 22.3 Å². The molecule has 0 heterocycles. The SMILES string of the molecule is CCOC(=O)CN(CC(=O)Nc1ccccc1SC(F)F)C(C)C. The molecule has 24 heavy (non-hydrogen) atoms. The van der Waals surface area contributed by atoms with Gasteiger partial charge in [0.05, 0.1) is 25.4 Å². The summed E-state index contributed by atoms with van der Waals surface area (Å²) in [6.45, 7) is 5.65. The molecule has 0 aliphatic heterocycles. The number of nitrogens with zero attached hydrogens (tertiary/aromatic N) is 1. The Morgan fingerprint density at radius 2 is 1.92 bits per heavy atom. The highest BCUT2D eigenvalue weighted by atomic mass is 32.2. The van der Waals surface area contributed by atoms with E-state index in [9.17, 15) is 18.4 Å². The highest BCUT2D eigenvalue weighted by Gasteiger charge is 2.19. The third-order valence-corrected chi connectivity index (χ3v) is 3.88. The topological polar surface area (TPSA) is 58.6 Å². The Bertz CT molecular complexity index is 556. The molecule has 0 spiro atoms. The number of esters is 1. The van der Waals surface area contributed by atoms with Crippen LogP contribution in [0.5, 0.6) is 0 Å². The average molecular weight is 360 g/mol. The average Bonchev–Trinajstić information content (AvgIpc) is 2.48. The van der Waals surface area contributed by atoms with Gasteiger partial charge in [-0.2, -0.15) is 8.78 Å². The van der Waals surface area contributed by atoms with Gasteiger partial charge in [-0.15, -0.1) is 0 Å². The lowest BCUT2D eigenvalue weighted by Gasteiger charge is -2.24. The molecule has 1 amide bonds. The maximum atomic E-state index is 12.6. The quantitative estimate of drug-likeness (QED) is 0.541. The molecular weight excluding hydrogens is 338 g/mol. The number of anilines is 1. The number of carbonyl (C=O) groups excluding carboxylic acids is 2. The number of alkyl halides is 2. The molecule has 0 saturated carbocycles. The summed E-state index contributed by atoms with van der Waals surface area (Å²) in [5.41, 5.74) is 0.327. The fourth-order valence-electron chi connectivity index (χ4n) is 1.94. The molecule has 0 bridgehead atoms. The Kier molecular flexibility index (Phi) is 8.70. The van der Waals surface area contributed by atoms with Crippen molar-refractivity contribution in [1.82, 2.24) is 4.90 Å². The van der Waals surface area contributed by atoms with Crippen LogP contribution in [0.3, 0.4) is 0 Å². The first-order valence-electron chi connectivity index (χ1n) is 7.56. The number of thioether (sulfide) groups is 1. The van der Waals surface area contributed by atoms with Crippen molar-refractivity contribution in [2.24, 2.45) is 0 Å². The lowest BCUT2D eigenvalue weighted by Crippen LogP contribution is -2.41. The van der Waals surface area contributed by atoms with Crippen LogP contribution in [-0.4, -0.2) is 48.3 Å². The first-order chi connectivity index (χ1) is 11.3. The van der Waals surface area contributed by atoms with Crippen LogP contribution in [0.4, 0.5) is 14.5 Å². The van der Waals surface area contributed by atoms with Crippen LogP contribution in [0, 0.1) is 0 Å². The van der Waals surface area contributed by atoms with Gasteiger partial charge in [0.2, 0.25) is 5.91 Å². The van der Waals surface area contributed by atoms with Crippen molar-refractivity contribution in [3.05, 3.63) is 24.3 Å². The van der Waals surface area contributed by atoms with Gasteiger partial charge in [0.15, 0.2) is 0 Å². The van der Waals surface area contributed by atoms with Gasteiger partial charge < -0.3 is 10.1 Å². The summed E-state index contributed by atoms with van der Waals surface area (Å²) in [7, 11) is 0. The third kappa shape index (κ3) is 7.27. The molecule has 1 N–H and O–H groups in total. The van der Waals surface area contributed by atoms with Crippen LogP contribution in [0.25, 0.3) is 0 Å². The maximum Gasteiger partial charge on any atom is 0.320 e. The van der Waals surface area contributed by atoms with Gasteiger partial charge in [-0.1, -0.05) is 23.9 Å². The van der Waals surface area contributed by atoms with Crippen molar-refractivity contribution in [2.45, 2.75) is 37.5 Å². The number of ether oxygens (including phenoxy) is 1. The zero-order chi connectivity index (χ0) is 18.1. The number of para-hydroxylation sites is 1. The minimum Gasteiger partial charge on any atom is -0.465 e. The molecule has 0 unspecified atom stereocenters. The summed E-state index contributed by atoms with van der Waals surface area (Å²) in [5, 5.41) is 2.62. The zero-order valence-corrected chi connectivity index (χ0v) is 14.7. The van der Waals surface area contributed by atoms with E-state index in [1.807, 2.05) is 13.8 Å². The van der Waals surface area contributed by atoms with Crippen molar-refractivity contribution in [2.75, 3.05) is 25.0 Å². The Morgan fingerprint density at radius 3 is 2.50 bits per heavy atom. The first kappa shape index (κ1) is 20.4. The van der Waals surface area contributed by atoms with Gasteiger partial charge in [-0.3, -0.25) is 14.5 Å². The van der Waals surface area contributed by atoms with Crippen LogP contribution < -0.4 is 5.32 Å². The van der Waals surface area contributed by atoms with E-state index in [4.69, 9.17) is 4.74 Å². The van der Waals surface area contributed by atoms with E-state index < -0.39 is 11.7 Å². The molecule has 0 atom stereocenters. The molecule has 8 heteroatoms. The first-order valence-corrected chi connectivity index (χ1v) is 8.44. The highest BCUT2D eigenvalue weighted by molar-refractivity contribution is 7.99. The number of rotatable bonds is 9. The Hall–Kier alpha value is -1.67. The van der Waals surface area contributed by atoms with Crippen LogP contribution in [0.2, 0.25) is 0 Å². The lowest BCUT2D eigenvalue weighted by molar-refractivity contribution is -0.145. The van der Waals surface area contributed by atoms with Gasteiger partial charge in [-0.05, 0) is 32.9 Å². The summed E-state index contributed by atoms with van der Waals surface area (Å²) in [5.74, 6) is -3.36. The van der Waals surface area contributed by atoms with Gasteiger partial charge in [0.25, 0.3) is 5.76 Å². The molecule has 0 aliphatic carbocycles. The molecule has 134 valence electrons. The number of halogens is 2. The molecule has 1 aromatic rings. The second-order valence-electron chi connectivity index (χ2n) is 5.23. The number of amides is 1. The molecule has 0 radical (unpaired) electrons. The molecule has 0 saturated heterocycles. The molecule has 5 nitrogen and oxygen atoms in total. The maximum absolute atomic E-state index is 12.6. The Balaban J connectivity index is 2.71. The molecule has 1 rings (SSSR count). The largest absolute Gasteiger partial charge is 0.465 e. The number of benzene rings is 1. The van der Waals surface area contributed by atoms with E-state index in [2.05, 4.69) is 5.32 Å². The summed E-state index contributed by atoms with van der Waals surface area (Å²) < 4.78 is 30.0. The second kappa shape index (κ2) is 10.2. The van der Waals surface area contributed by atoms with Crippen molar-refractivity contribution in [1.29, 1.82) is 0 Å². The van der Waals surface area contributed by atoms with E-state index in [1.165, 1.54) is 6.07 Å². The van der Waals surface area contributed by atoms with Crippen LogP contribution in [0.15, 0.2) is 29.2 Å². The molecule has 0 aliphatic rings. The van der Waals surface area contributed by atoms with Crippen LogP contribution in [-0.2, 0) is 14.3 Å². The smallest absolute Gasteiger partial charge is 0.320 e. The predicted octanol–water partition coefficient (Wildman–Crippen LogP) is 3.21. The summed E-state index contributed by atoms with van der Waals surface area (Å²) in [6, 6.07) is 6.32. The summed E-state index contributed by atoms with van der Waals surface area (Å²) in [6.07, 6.45) is 0. The van der Waals surface area contributed by atoms with E-state index >= 15 is 0 Å². The minimum atomic E-state index is -2.57. The summed E-state index contributed by atoms with van der Waals surface area (Å²) in [4.78, 5) is 25.7. The number of hydrogen-bond donors (Lipinski definition) is 1. The Labute approximate surface area is 144 Å². The number of nitrogens with one attached hydrogen (secondary N) is 1. The molecule has 0 aromatic heterocycles. The standard InChI is InChI=1S/C16H22F2N2O3S/c1-4-23-15(22)10-20(11(2)3)9-14(21)19-12-7-5-6-8-13(12)24-16(17)18/h5-8,11,16H,4,9-10H2,1-3H3,(H,19,21). The van der Waals surface area contributed by atoms with Gasteiger partial charge >= 0.3 is 5.97 Å². The van der Waals surface area contributed by atoms with E-state index in [1.54, 1.807) is 30.0 Å². The van der Waals surface area contributed by atoms with Crippen molar-refractivity contribution in [3.8, 4) is 0 Å². The molecular formula is C16H22F2N2O3S. The molecule has 0 fully saturated rings. The van der Waals surface area contributed by atoms with Gasteiger partial charge in [0, 0.05) is 10.9 Å². The highest BCUT2D eigenvalue weighted by Crippen LogP contribution is 2.31. The van der Waals surface area contributed by atoms with E-state index in [-0.39, 0.29) is 31.6 Å². The Morgan fingerprint density at radius 1 is 1.25 bits per heavy atom. The van der Waals surface area contributed by atoms with Crippen molar-refractivity contribution < 1.29 is 23.1 Å². The normalized spacial score (nSPS) is 11.2. The van der Waals surface area contributed by atoms with E-state index in [0.717, 1.165) is 0 Å². The van der Waals surface area contributed by atoms with Crippen molar-refractivity contribution in [3.63, 3.8) is 0 Å². The third-order valence-electron chi connectivity index (χ3n) is 3.09. The monoisotopic (exact) mass is 360 g/mol. The predicted molar refractivity (Wildman–Crippen MR) is 90.3 cm³/mol. The van der Waals surface area contributed by atoms with Crippen LogP contribution >= 0.6 is 11.8 Å². The number of hydrogen-bond acceptors (Lipinski definition) is 5. The van der Waals surface area contributed by atoms with Crippen LogP contribution in [0.1, 0.15) is 20.8 Å². The zero-order valence-electron chi connectivity index (χ0n) is 13.9. The fourth-order valence-corrected chi connectivity index (χ4v) is 2.53. The summed E-state index contributed by atoms with van der Waals surface area (Å²) >= 11 is 0.374. The lowest BCUT2D eigenvalue weighted by atomic mass is 10.3.